The highest BCUT2D eigenvalue weighted by molar-refractivity contribution is 5.96. The summed E-state index contributed by atoms with van der Waals surface area (Å²) in [5.74, 6) is -0.111. The molecule has 0 bridgehead atoms. The molecule has 0 spiro atoms. The van der Waals surface area contributed by atoms with Crippen molar-refractivity contribution in [2.75, 3.05) is 13.1 Å². The molecule has 0 aliphatic carbocycles. The number of amides is 1. The van der Waals surface area contributed by atoms with Crippen molar-refractivity contribution in [2.45, 2.75) is 46.3 Å². The standard InChI is InChI=1S/C20H26FN3O/c1-13-9-19(16(4)22-13)20(25)24-11-14(2)23(10-15(24)3)12-17-5-7-18(21)8-6-17/h5-9,14-15,22H,10-12H2,1-4H3/t14-,15+/m1/s1. The van der Waals surface area contributed by atoms with Gasteiger partial charge in [0.15, 0.2) is 0 Å². The van der Waals surface area contributed by atoms with Crippen LogP contribution in [0.2, 0.25) is 0 Å². The van der Waals surface area contributed by atoms with Gasteiger partial charge in [-0.25, -0.2) is 4.39 Å². The van der Waals surface area contributed by atoms with Crippen LogP contribution in [-0.2, 0) is 6.54 Å². The first-order chi connectivity index (χ1) is 11.8. The zero-order valence-electron chi connectivity index (χ0n) is 15.3. The third-order valence-electron chi connectivity index (χ3n) is 5.05. The number of carbonyl (C=O) groups is 1. The van der Waals surface area contributed by atoms with E-state index >= 15 is 0 Å². The minimum atomic E-state index is -0.210. The van der Waals surface area contributed by atoms with Gasteiger partial charge in [0.1, 0.15) is 5.82 Å². The number of aromatic amines is 1. The molecular formula is C20H26FN3O. The highest BCUT2D eigenvalue weighted by Crippen LogP contribution is 2.22. The number of nitrogens with zero attached hydrogens (tertiary/aromatic N) is 2. The molecule has 134 valence electrons. The first-order valence-electron chi connectivity index (χ1n) is 8.81. The molecule has 1 N–H and O–H groups in total. The summed E-state index contributed by atoms with van der Waals surface area (Å²) in [5.41, 5.74) is 3.80. The quantitative estimate of drug-likeness (QED) is 0.926. The highest BCUT2D eigenvalue weighted by Gasteiger charge is 2.33. The van der Waals surface area contributed by atoms with E-state index in [1.54, 1.807) is 0 Å². The molecule has 1 fully saturated rings. The predicted octanol–water partition coefficient (Wildman–Crippen LogP) is 3.51. The summed E-state index contributed by atoms with van der Waals surface area (Å²) in [5, 5.41) is 0. The van der Waals surface area contributed by atoms with Crippen LogP contribution in [0.1, 0.15) is 41.2 Å². The lowest BCUT2D eigenvalue weighted by atomic mass is 10.0. The summed E-state index contributed by atoms with van der Waals surface area (Å²) in [4.78, 5) is 20.5. The van der Waals surface area contributed by atoms with Crippen LogP contribution in [0.3, 0.4) is 0 Å². The number of carbonyl (C=O) groups excluding carboxylic acids is 1. The van der Waals surface area contributed by atoms with Crippen molar-refractivity contribution >= 4 is 5.91 Å². The molecule has 1 amide bonds. The lowest BCUT2D eigenvalue weighted by molar-refractivity contribution is 0.0290. The SMILES string of the molecule is Cc1cc(C(=O)N2C[C@@H](C)N(Cc3ccc(F)cc3)C[C@@H]2C)c(C)[nH]1. The third kappa shape index (κ3) is 3.76. The van der Waals surface area contributed by atoms with E-state index < -0.39 is 0 Å². The Labute approximate surface area is 148 Å². The van der Waals surface area contributed by atoms with Crippen molar-refractivity contribution in [3.8, 4) is 0 Å². The van der Waals surface area contributed by atoms with E-state index in [0.717, 1.165) is 35.6 Å². The maximum absolute atomic E-state index is 13.1. The average Bonchev–Trinajstić information content (AvgIpc) is 2.90. The third-order valence-corrected chi connectivity index (χ3v) is 5.05. The van der Waals surface area contributed by atoms with Crippen LogP contribution in [0.4, 0.5) is 4.39 Å². The second-order valence-electron chi connectivity index (χ2n) is 7.20. The fourth-order valence-corrected chi connectivity index (χ4v) is 3.63. The fourth-order valence-electron chi connectivity index (χ4n) is 3.63. The topological polar surface area (TPSA) is 39.3 Å². The van der Waals surface area contributed by atoms with Gasteiger partial charge in [0.2, 0.25) is 0 Å². The van der Waals surface area contributed by atoms with E-state index in [0.29, 0.717) is 6.54 Å². The summed E-state index contributed by atoms with van der Waals surface area (Å²) in [7, 11) is 0. The Bertz CT molecular complexity index is 753. The molecule has 2 atom stereocenters. The number of nitrogens with one attached hydrogen (secondary N) is 1. The molecular weight excluding hydrogens is 317 g/mol. The maximum atomic E-state index is 13.1. The Morgan fingerprint density at radius 2 is 1.84 bits per heavy atom. The van der Waals surface area contributed by atoms with E-state index in [9.17, 15) is 9.18 Å². The van der Waals surface area contributed by atoms with Crippen molar-refractivity contribution in [2.24, 2.45) is 0 Å². The zero-order chi connectivity index (χ0) is 18.1. The smallest absolute Gasteiger partial charge is 0.256 e. The Kier molecular flexibility index (Phi) is 4.95. The van der Waals surface area contributed by atoms with Crippen LogP contribution in [0.15, 0.2) is 30.3 Å². The molecule has 1 aliphatic rings. The van der Waals surface area contributed by atoms with Crippen LogP contribution in [0, 0.1) is 19.7 Å². The van der Waals surface area contributed by atoms with Crippen molar-refractivity contribution in [3.05, 3.63) is 58.7 Å². The predicted molar refractivity (Wildman–Crippen MR) is 97.0 cm³/mol. The van der Waals surface area contributed by atoms with Gasteiger partial charge in [-0.05, 0) is 51.5 Å². The number of hydrogen-bond acceptors (Lipinski definition) is 2. The lowest BCUT2D eigenvalue weighted by Gasteiger charge is -2.44. The van der Waals surface area contributed by atoms with Crippen LogP contribution < -0.4 is 0 Å². The largest absolute Gasteiger partial charge is 0.362 e. The van der Waals surface area contributed by atoms with Crippen LogP contribution in [0.25, 0.3) is 0 Å². The number of piperazine rings is 1. The maximum Gasteiger partial charge on any atom is 0.256 e. The lowest BCUT2D eigenvalue weighted by Crippen LogP contribution is -2.57. The van der Waals surface area contributed by atoms with Gasteiger partial charge in [-0.2, -0.15) is 0 Å². The Balaban J connectivity index is 1.70. The number of hydrogen-bond donors (Lipinski definition) is 1. The monoisotopic (exact) mass is 343 g/mol. The normalized spacial score (nSPS) is 21.6. The second-order valence-corrected chi connectivity index (χ2v) is 7.20. The fraction of sp³-hybridized carbons (Fsp3) is 0.450. The van der Waals surface area contributed by atoms with Gasteiger partial charge in [-0.15, -0.1) is 0 Å². The van der Waals surface area contributed by atoms with Gasteiger partial charge in [0, 0.05) is 43.1 Å². The highest BCUT2D eigenvalue weighted by atomic mass is 19.1. The average molecular weight is 343 g/mol. The molecule has 3 rings (SSSR count). The Morgan fingerprint density at radius 3 is 2.44 bits per heavy atom. The molecule has 5 heteroatoms. The summed E-state index contributed by atoms with van der Waals surface area (Å²) in [6.07, 6.45) is 0. The molecule has 1 aromatic heterocycles. The van der Waals surface area contributed by atoms with Gasteiger partial charge in [0.25, 0.3) is 5.91 Å². The summed E-state index contributed by atoms with van der Waals surface area (Å²) >= 11 is 0. The number of aromatic nitrogens is 1. The molecule has 1 saturated heterocycles. The number of rotatable bonds is 3. The Morgan fingerprint density at radius 1 is 1.16 bits per heavy atom. The number of benzene rings is 1. The molecule has 2 heterocycles. The van der Waals surface area contributed by atoms with Crippen LogP contribution in [-0.4, -0.2) is 45.9 Å². The van der Waals surface area contributed by atoms with Gasteiger partial charge in [-0.3, -0.25) is 9.69 Å². The first kappa shape index (κ1) is 17.7. The number of H-pyrrole nitrogens is 1. The van der Waals surface area contributed by atoms with E-state index in [1.165, 1.54) is 12.1 Å². The molecule has 1 aromatic carbocycles. The molecule has 0 saturated carbocycles. The molecule has 1 aliphatic heterocycles. The van der Waals surface area contributed by atoms with Crippen LogP contribution >= 0.6 is 0 Å². The minimum Gasteiger partial charge on any atom is -0.362 e. The number of aryl methyl sites for hydroxylation is 2. The van der Waals surface area contributed by atoms with Crippen molar-refractivity contribution in [1.82, 2.24) is 14.8 Å². The van der Waals surface area contributed by atoms with E-state index in [1.807, 2.05) is 36.9 Å². The molecule has 0 unspecified atom stereocenters. The first-order valence-corrected chi connectivity index (χ1v) is 8.81. The van der Waals surface area contributed by atoms with Gasteiger partial charge in [-0.1, -0.05) is 12.1 Å². The second kappa shape index (κ2) is 7.00. The van der Waals surface area contributed by atoms with E-state index in [2.05, 4.69) is 23.7 Å². The van der Waals surface area contributed by atoms with Gasteiger partial charge in [0.05, 0.1) is 5.56 Å². The molecule has 2 aromatic rings. The van der Waals surface area contributed by atoms with Gasteiger partial charge >= 0.3 is 0 Å². The summed E-state index contributed by atoms with van der Waals surface area (Å²) in [6.45, 7) is 10.4. The van der Waals surface area contributed by atoms with Crippen LogP contribution in [0.5, 0.6) is 0 Å². The van der Waals surface area contributed by atoms with Gasteiger partial charge < -0.3 is 9.88 Å². The summed E-state index contributed by atoms with van der Waals surface area (Å²) < 4.78 is 13.1. The van der Waals surface area contributed by atoms with Crippen molar-refractivity contribution in [1.29, 1.82) is 0 Å². The zero-order valence-corrected chi connectivity index (χ0v) is 15.3. The molecule has 25 heavy (non-hydrogen) atoms. The Hall–Kier alpha value is -2.14. The van der Waals surface area contributed by atoms with E-state index in [-0.39, 0.29) is 23.8 Å². The van der Waals surface area contributed by atoms with Crippen molar-refractivity contribution in [3.63, 3.8) is 0 Å². The molecule has 4 nitrogen and oxygen atoms in total. The molecule has 0 radical (unpaired) electrons. The number of halogens is 1. The van der Waals surface area contributed by atoms with E-state index in [4.69, 9.17) is 0 Å². The minimum absolute atomic E-state index is 0.0997. The van der Waals surface area contributed by atoms with Crippen molar-refractivity contribution < 1.29 is 9.18 Å². The summed E-state index contributed by atoms with van der Waals surface area (Å²) in [6, 6.07) is 8.98.